The minimum atomic E-state index is -0.199. The van der Waals surface area contributed by atoms with Gasteiger partial charge in [-0.05, 0) is 32.9 Å². The second-order valence-electron chi connectivity index (χ2n) is 4.26. The van der Waals surface area contributed by atoms with E-state index in [2.05, 4.69) is 50.0 Å². The van der Waals surface area contributed by atoms with E-state index in [1.807, 2.05) is 0 Å². The van der Waals surface area contributed by atoms with Gasteiger partial charge in [-0.25, -0.2) is 4.99 Å². The molecular formula is C12H15NOS. The number of aliphatic imine (C=N–C) groups is 1. The molecule has 1 unspecified atom stereocenters. The predicted molar refractivity (Wildman–Crippen MR) is 64.5 cm³/mol. The van der Waals surface area contributed by atoms with E-state index in [-0.39, 0.29) is 11.0 Å². The van der Waals surface area contributed by atoms with E-state index in [0.29, 0.717) is 0 Å². The van der Waals surface area contributed by atoms with E-state index >= 15 is 0 Å². The number of aryl methyl sites for hydroxylation is 1. The summed E-state index contributed by atoms with van der Waals surface area (Å²) in [5, 5.41) is 0.153. The summed E-state index contributed by atoms with van der Waals surface area (Å²) < 4.78 is 5.44. The van der Waals surface area contributed by atoms with E-state index in [0.717, 1.165) is 0 Å². The normalized spacial score (nSPS) is 22.7. The fraction of sp³-hybridized carbons (Fsp3) is 0.417. The van der Waals surface area contributed by atoms with E-state index < -0.39 is 0 Å². The number of rotatable bonds is 2. The summed E-state index contributed by atoms with van der Waals surface area (Å²) >= 11 is 1.74. The van der Waals surface area contributed by atoms with Crippen LogP contribution in [0.5, 0.6) is 0 Å². The molecule has 1 heterocycles. The number of ether oxygens (including phenoxy) is 1. The molecule has 0 saturated heterocycles. The summed E-state index contributed by atoms with van der Waals surface area (Å²) in [6.07, 6.45) is 1.56. The van der Waals surface area contributed by atoms with E-state index in [1.165, 1.54) is 10.5 Å². The van der Waals surface area contributed by atoms with Crippen molar-refractivity contribution in [1.29, 1.82) is 0 Å². The van der Waals surface area contributed by atoms with Gasteiger partial charge in [-0.2, -0.15) is 0 Å². The Kier molecular flexibility index (Phi) is 2.74. The molecule has 0 aromatic heterocycles. The van der Waals surface area contributed by atoms with Crippen LogP contribution in [0.1, 0.15) is 19.4 Å². The summed E-state index contributed by atoms with van der Waals surface area (Å²) in [5.74, 6) is 0. The van der Waals surface area contributed by atoms with E-state index in [1.54, 1.807) is 18.2 Å². The van der Waals surface area contributed by atoms with Gasteiger partial charge in [-0.3, -0.25) is 0 Å². The molecule has 0 N–H and O–H groups in total. The number of benzene rings is 1. The van der Waals surface area contributed by atoms with Gasteiger partial charge in [-0.15, -0.1) is 0 Å². The fourth-order valence-corrected chi connectivity index (χ4v) is 2.38. The van der Waals surface area contributed by atoms with Gasteiger partial charge in [0.2, 0.25) is 0 Å². The van der Waals surface area contributed by atoms with Crippen molar-refractivity contribution >= 4 is 18.2 Å². The molecule has 0 radical (unpaired) electrons. The summed E-state index contributed by atoms with van der Waals surface area (Å²) in [4.78, 5) is 5.56. The molecular weight excluding hydrogens is 206 g/mol. The summed E-state index contributed by atoms with van der Waals surface area (Å²) in [6, 6.07) is 8.50. The third kappa shape index (κ3) is 2.34. The van der Waals surface area contributed by atoms with Crippen LogP contribution in [0.15, 0.2) is 34.2 Å². The SMILES string of the molecule is Cc1ccc(SC2N=COC2(C)C)cc1. The number of thioether (sulfide) groups is 1. The average Bonchev–Trinajstić information content (AvgIpc) is 2.50. The second kappa shape index (κ2) is 3.89. The van der Waals surface area contributed by atoms with Gasteiger partial charge < -0.3 is 4.74 Å². The van der Waals surface area contributed by atoms with Crippen LogP contribution in [0, 0.1) is 6.92 Å². The molecule has 1 aliphatic rings. The Morgan fingerprint density at radius 3 is 2.47 bits per heavy atom. The highest BCUT2D eigenvalue weighted by Gasteiger charge is 2.35. The Bertz CT molecular complexity index is 370. The van der Waals surface area contributed by atoms with Crippen LogP contribution in [0.3, 0.4) is 0 Å². The maximum atomic E-state index is 5.44. The molecule has 0 spiro atoms. The van der Waals surface area contributed by atoms with Crippen molar-refractivity contribution in [1.82, 2.24) is 0 Å². The molecule has 2 nitrogen and oxygen atoms in total. The van der Waals surface area contributed by atoms with Crippen molar-refractivity contribution < 1.29 is 4.74 Å². The van der Waals surface area contributed by atoms with Crippen LogP contribution in [0.2, 0.25) is 0 Å². The Balaban J connectivity index is 2.09. The molecule has 0 aliphatic carbocycles. The first-order chi connectivity index (χ1) is 7.08. The van der Waals surface area contributed by atoms with Gasteiger partial charge in [-0.1, -0.05) is 29.5 Å². The Hall–Kier alpha value is -0.960. The van der Waals surface area contributed by atoms with Crippen molar-refractivity contribution in [2.75, 3.05) is 0 Å². The van der Waals surface area contributed by atoms with Gasteiger partial charge in [0, 0.05) is 4.90 Å². The maximum Gasteiger partial charge on any atom is 0.171 e. The summed E-state index contributed by atoms with van der Waals surface area (Å²) in [6.45, 7) is 6.22. The van der Waals surface area contributed by atoms with Crippen LogP contribution in [-0.2, 0) is 4.74 Å². The van der Waals surface area contributed by atoms with Crippen molar-refractivity contribution in [2.45, 2.75) is 36.6 Å². The Labute approximate surface area is 94.7 Å². The smallest absolute Gasteiger partial charge is 0.171 e. The number of nitrogens with zero attached hydrogens (tertiary/aromatic N) is 1. The molecule has 80 valence electrons. The number of hydrogen-bond acceptors (Lipinski definition) is 3. The van der Waals surface area contributed by atoms with Crippen LogP contribution >= 0.6 is 11.8 Å². The lowest BCUT2D eigenvalue weighted by Gasteiger charge is -2.23. The van der Waals surface area contributed by atoms with E-state index in [9.17, 15) is 0 Å². The fourth-order valence-electron chi connectivity index (χ4n) is 1.38. The summed E-state index contributed by atoms with van der Waals surface area (Å²) in [5.41, 5.74) is 1.08. The molecule has 1 atom stereocenters. The van der Waals surface area contributed by atoms with Gasteiger partial charge >= 0.3 is 0 Å². The maximum absolute atomic E-state index is 5.44. The van der Waals surface area contributed by atoms with Gasteiger partial charge in [0.05, 0.1) is 0 Å². The molecule has 3 heteroatoms. The van der Waals surface area contributed by atoms with Gasteiger partial charge in [0.15, 0.2) is 6.40 Å². The number of hydrogen-bond donors (Lipinski definition) is 0. The first kappa shape index (κ1) is 10.6. The quantitative estimate of drug-likeness (QED) is 0.764. The summed E-state index contributed by atoms with van der Waals surface area (Å²) in [7, 11) is 0. The zero-order valence-corrected chi connectivity index (χ0v) is 10.0. The first-order valence-corrected chi connectivity index (χ1v) is 5.89. The molecule has 0 bridgehead atoms. The Morgan fingerprint density at radius 2 is 1.93 bits per heavy atom. The molecule has 0 amide bonds. The predicted octanol–water partition coefficient (Wildman–Crippen LogP) is 3.25. The molecule has 15 heavy (non-hydrogen) atoms. The van der Waals surface area contributed by atoms with Crippen molar-refractivity contribution in [3.63, 3.8) is 0 Å². The molecule has 0 saturated carbocycles. The Morgan fingerprint density at radius 1 is 1.27 bits per heavy atom. The molecule has 2 rings (SSSR count). The van der Waals surface area contributed by atoms with Crippen molar-refractivity contribution in [2.24, 2.45) is 4.99 Å². The molecule has 1 aromatic carbocycles. The zero-order valence-electron chi connectivity index (χ0n) is 9.23. The highest BCUT2D eigenvalue weighted by Crippen LogP contribution is 2.35. The second-order valence-corrected chi connectivity index (χ2v) is 5.41. The zero-order chi connectivity index (χ0) is 10.9. The molecule has 1 aliphatic heterocycles. The standard InChI is InChI=1S/C12H15NOS/c1-9-4-6-10(7-5-9)15-11-12(2,3)14-8-13-11/h4-8,11H,1-3H3. The minimum absolute atomic E-state index is 0.153. The largest absolute Gasteiger partial charge is 0.475 e. The van der Waals surface area contributed by atoms with E-state index in [4.69, 9.17) is 4.74 Å². The lowest BCUT2D eigenvalue weighted by Crippen LogP contribution is -2.30. The molecule has 1 aromatic rings. The third-order valence-electron chi connectivity index (χ3n) is 2.42. The van der Waals surface area contributed by atoms with Crippen LogP contribution in [-0.4, -0.2) is 17.4 Å². The molecule has 0 fully saturated rings. The minimum Gasteiger partial charge on any atom is -0.475 e. The highest BCUT2D eigenvalue weighted by molar-refractivity contribution is 8.00. The van der Waals surface area contributed by atoms with Crippen molar-refractivity contribution in [3.8, 4) is 0 Å². The lowest BCUT2D eigenvalue weighted by atomic mass is 10.1. The topological polar surface area (TPSA) is 21.6 Å². The van der Waals surface area contributed by atoms with Crippen LogP contribution in [0.4, 0.5) is 0 Å². The lowest BCUT2D eigenvalue weighted by molar-refractivity contribution is 0.129. The van der Waals surface area contributed by atoms with Crippen molar-refractivity contribution in [3.05, 3.63) is 29.8 Å². The van der Waals surface area contributed by atoms with Gasteiger partial charge in [0.1, 0.15) is 11.0 Å². The monoisotopic (exact) mass is 221 g/mol. The average molecular weight is 221 g/mol. The first-order valence-electron chi connectivity index (χ1n) is 5.01. The van der Waals surface area contributed by atoms with Crippen LogP contribution in [0.25, 0.3) is 0 Å². The highest BCUT2D eigenvalue weighted by atomic mass is 32.2. The van der Waals surface area contributed by atoms with Gasteiger partial charge in [0.25, 0.3) is 0 Å². The third-order valence-corrected chi connectivity index (χ3v) is 3.87. The van der Waals surface area contributed by atoms with Crippen LogP contribution < -0.4 is 0 Å².